The number of aromatic nitrogens is 2. The Morgan fingerprint density at radius 2 is 2.25 bits per heavy atom. The highest BCUT2D eigenvalue weighted by Crippen LogP contribution is 2.26. The van der Waals surface area contributed by atoms with E-state index in [2.05, 4.69) is 34.6 Å². The lowest BCUT2D eigenvalue weighted by Crippen LogP contribution is -2.13. The minimum atomic E-state index is -0.182. The molecule has 0 fully saturated rings. The lowest BCUT2D eigenvalue weighted by Gasteiger charge is -2.12. The van der Waals surface area contributed by atoms with Crippen LogP contribution in [0.1, 0.15) is 23.7 Å². The molecule has 0 N–H and O–H groups in total. The second kappa shape index (κ2) is 5.44. The maximum absolute atomic E-state index is 13.4. The fourth-order valence-corrected chi connectivity index (χ4v) is 3.38. The molecule has 1 aromatic heterocycles. The molecular formula is C15H16FIN2O. The first-order chi connectivity index (χ1) is 9.56. The normalized spacial score (nSPS) is 18.7. The van der Waals surface area contributed by atoms with Crippen molar-refractivity contribution in [1.29, 1.82) is 0 Å². The summed E-state index contributed by atoms with van der Waals surface area (Å²) in [4.78, 5) is 0. The van der Waals surface area contributed by atoms with Crippen molar-refractivity contribution < 1.29 is 9.13 Å². The van der Waals surface area contributed by atoms with Crippen LogP contribution in [0.4, 0.5) is 4.39 Å². The molecule has 106 valence electrons. The molecule has 3 rings (SSSR count). The number of hydrogen-bond donors (Lipinski definition) is 0. The lowest BCUT2D eigenvalue weighted by molar-refractivity contribution is 0.0734. The van der Waals surface area contributed by atoms with E-state index in [-0.39, 0.29) is 11.9 Å². The summed E-state index contributed by atoms with van der Waals surface area (Å²) in [5.41, 5.74) is 4.00. The highest BCUT2D eigenvalue weighted by Gasteiger charge is 2.22. The second-order valence-electron chi connectivity index (χ2n) is 5.20. The van der Waals surface area contributed by atoms with Gasteiger partial charge in [0.2, 0.25) is 0 Å². The van der Waals surface area contributed by atoms with Crippen LogP contribution in [0.2, 0.25) is 0 Å². The van der Waals surface area contributed by atoms with E-state index in [1.807, 2.05) is 10.7 Å². The zero-order valence-corrected chi connectivity index (χ0v) is 13.6. The van der Waals surface area contributed by atoms with Gasteiger partial charge in [0.1, 0.15) is 9.52 Å². The number of ether oxygens (including phenoxy) is 1. The van der Waals surface area contributed by atoms with E-state index in [0.717, 1.165) is 28.8 Å². The summed E-state index contributed by atoms with van der Waals surface area (Å²) in [5.74, 6) is -0.182. The van der Waals surface area contributed by atoms with Crippen LogP contribution in [-0.2, 0) is 17.6 Å². The largest absolute Gasteiger partial charge is 0.378 e. The second-order valence-corrected chi connectivity index (χ2v) is 6.22. The monoisotopic (exact) mass is 386 g/mol. The van der Waals surface area contributed by atoms with Gasteiger partial charge in [-0.15, -0.1) is 0 Å². The van der Waals surface area contributed by atoms with E-state index in [0.29, 0.717) is 5.56 Å². The molecule has 0 saturated heterocycles. The van der Waals surface area contributed by atoms with Crippen molar-refractivity contribution in [3.8, 4) is 5.69 Å². The van der Waals surface area contributed by atoms with Crippen LogP contribution in [0.15, 0.2) is 18.2 Å². The summed E-state index contributed by atoms with van der Waals surface area (Å²) in [5, 5.41) is 4.63. The molecular weight excluding hydrogens is 370 g/mol. The first-order valence-corrected chi connectivity index (χ1v) is 7.78. The molecule has 0 amide bonds. The van der Waals surface area contributed by atoms with Crippen LogP contribution >= 0.6 is 22.6 Å². The molecule has 2 heterocycles. The Balaban J connectivity index is 2.12. The average Bonchev–Trinajstić information content (AvgIpc) is 2.59. The zero-order chi connectivity index (χ0) is 14.3. The molecule has 0 radical (unpaired) electrons. The molecule has 1 atom stereocenters. The van der Waals surface area contributed by atoms with Gasteiger partial charge in [-0.1, -0.05) is 0 Å². The van der Waals surface area contributed by atoms with Crippen LogP contribution in [0, 0.1) is 16.4 Å². The minimum absolute atomic E-state index is 0.182. The first-order valence-electron chi connectivity index (χ1n) is 6.70. The highest BCUT2D eigenvalue weighted by atomic mass is 127. The third-order valence-electron chi connectivity index (χ3n) is 3.66. The quantitative estimate of drug-likeness (QED) is 0.703. The van der Waals surface area contributed by atoms with Gasteiger partial charge in [-0.2, -0.15) is 5.10 Å². The van der Waals surface area contributed by atoms with Crippen molar-refractivity contribution in [2.45, 2.75) is 32.8 Å². The van der Waals surface area contributed by atoms with Crippen LogP contribution < -0.4 is 0 Å². The van der Waals surface area contributed by atoms with Crippen molar-refractivity contribution in [2.24, 2.45) is 0 Å². The van der Waals surface area contributed by atoms with Gasteiger partial charge in [-0.3, -0.25) is 0 Å². The van der Waals surface area contributed by atoms with Crippen molar-refractivity contribution in [1.82, 2.24) is 9.78 Å². The molecule has 20 heavy (non-hydrogen) atoms. The molecule has 0 aliphatic carbocycles. The molecule has 0 unspecified atom stereocenters. The SMILES string of the molecule is Cc1cc(-n2nc(I)c3c2C[C@@H](C)OCC3)ccc1F. The Kier molecular flexibility index (Phi) is 3.81. The first kappa shape index (κ1) is 14.0. The van der Waals surface area contributed by atoms with Crippen LogP contribution in [-0.4, -0.2) is 22.5 Å². The number of hydrogen-bond acceptors (Lipinski definition) is 2. The Hall–Kier alpha value is -0.950. The Morgan fingerprint density at radius 1 is 1.45 bits per heavy atom. The zero-order valence-electron chi connectivity index (χ0n) is 11.5. The average molecular weight is 386 g/mol. The van der Waals surface area contributed by atoms with Gasteiger partial charge in [0.15, 0.2) is 0 Å². The standard InChI is InChI=1S/C15H16FIN2O/c1-9-7-11(3-4-13(9)16)19-14-8-10(2)20-6-5-12(14)15(17)18-19/h3-4,7,10H,5-6,8H2,1-2H3/t10-/m1/s1. The highest BCUT2D eigenvalue weighted by molar-refractivity contribution is 14.1. The van der Waals surface area contributed by atoms with Gasteiger partial charge in [0.25, 0.3) is 0 Å². The van der Waals surface area contributed by atoms with Crippen molar-refractivity contribution >= 4 is 22.6 Å². The van der Waals surface area contributed by atoms with E-state index in [4.69, 9.17) is 4.74 Å². The van der Waals surface area contributed by atoms with Crippen molar-refractivity contribution in [2.75, 3.05) is 6.61 Å². The van der Waals surface area contributed by atoms with Gasteiger partial charge in [0.05, 0.1) is 24.1 Å². The van der Waals surface area contributed by atoms with Gasteiger partial charge in [0, 0.05) is 18.4 Å². The summed E-state index contributed by atoms with van der Waals surface area (Å²) in [7, 11) is 0. The maximum Gasteiger partial charge on any atom is 0.127 e. The van der Waals surface area contributed by atoms with Gasteiger partial charge < -0.3 is 4.74 Å². The number of nitrogens with zero attached hydrogens (tertiary/aromatic N) is 2. The molecule has 2 aromatic rings. The Bertz CT molecular complexity index is 654. The predicted octanol–water partition coefficient (Wildman–Crippen LogP) is 3.43. The lowest BCUT2D eigenvalue weighted by atomic mass is 10.1. The maximum atomic E-state index is 13.4. The van der Waals surface area contributed by atoms with Crippen LogP contribution in [0.25, 0.3) is 5.69 Å². The molecule has 1 aliphatic rings. The molecule has 0 spiro atoms. The molecule has 0 saturated carbocycles. The number of fused-ring (bicyclic) bond motifs is 1. The summed E-state index contributed by atoms with van der Waals surface area (Å²) in [6.07, 6.45) is 1.91. The summed E-state index contributed by atoms with van der Waals surface area (Å²) < 4.78 is 22.1. The van der Waals surface area contributed by atoms with Gasteiger partial charge in [-0.05, 0) is 60.2 Å². The van der Waals surface area contributed by atoms with Crippen molar-refractivity contribution in [3.05, 3.63) is 44.5 Å². The molecule has 1 aromatic carbocycles. The Morgan fingerprint density at radius 3 is 3.00 bits per heavy atom. The molecule has 0 bridgehead atoms. The summed E-state index contributed by atoms with van der Waals surface area (Å²) in [6, 6.07) is 5.12. The topological polar surface area (TPSA) is 27.1 Å². The third kappa shape index (κ3) is 2.48. The Labute approximate surface area is 131 Å². The van der Waals surface area contributed by atoms with Gasteiger partial charge in [-0.25, -0.2) is 9.07 Å². The molecule has 3 nitrogen and oxygen atoms in total. The van der Waals surface area contributed by atoms with E-state index in [9.17, 15) is 4.39 Å². The van der Waals surface area contributed by atoms with Crippen molar-refractivity contribution in [3.63, 3.8) is 0 Å². The molecule has 5 heteroatoms. The number of rotatable bonds is 1. The number of benzene rings is 1. The fraction of sp³-hybridized carbons (Fsp3) is 0.400. The predicted molar refractivity (Wildman–Crippen MR) is 83.8 cm³/mol. The minimum Gasteiger partial charge on any atom is -0.378 e. The molecule has 1 aliphatic heterocycles. The van der Waals surface area contributed by atoms with Crippen LogP contribution in [0.5, 0.6) is 0 Å². The van der Waals surface area contributed by atoms with Crippen LogP contribution in [0.3, 0.4) is 0 Å². The third-order valence-corrected chi connectivity index (χ3v) is 4.53. The smallest absolute Gasteiger partial charge is 0.127 e. The van der Waals surface area contributed by atoms with E-state index >= 15 is 0 Å². The van der Waals surface area contributed by atoms with E-state index in [1.54, 1.807) is 13.0 Å². The van der Waals surface area contributed by atoms with E-state index < -0.39 is 0 Å². The number of aryl methyl sites for hydroxylation is 1. The number of halogens is 2. The summed E-state index contributed by atoms with van der Waals surface area (Å²) >= 11 is 2.27. The fourth-order valence-electron chi connectivity index (χ4n) is 2.58. The van der Waals surface area contributed by atoms with Gasteiger partial charge >= 0.3 is 0 Å². The summed E-state index contributed by atoms with van der Waals surface area (Å²) in [6.45, 7) is 4.59. The van der Waals surface area contributed by atoms with E-state index in [1.165, 1.54) is 17.3 Å².